The molecule has 0 bridgehead atoms. The van der Waals surface area contributed by atoms with Crippen LogP contribution in [0.15, 0.2) is 82.2 Å². The van der Waals surface area contributed by atoms with Gasteiger partial charge in [-0.3, -0.25) is 14.5 Å². The fourth-order valence-electron chi connectivity index (χ4n) is 3.12. The molecule has 0 aliphatic carbocycles. The van der Waals surface area contributed by atoms with Gasteiger partial charge in [0.2, 0.25) is 0 Å². The summed E-state index contributed by atoms with van der Waals surface area (Å²) in [5.74, 6) is 0.795. The second kappa shape index (κ2) is 10.9. The molecule has 0 spiro atoms. The molecule has 0 aromatic heterocycles. The van der Waals surface area contributed by atoms with E-state index in [1.54, 1.807) is 30.3 Å². The Balaban J connectivity index is 1.41. The van der Waals surface area contributed by atoms with Gasteiger partial charge >= 0.3 is 0 Å². The number of benzene rings is 3. The molecule has 3 aromatic carbocycles. The zero-order chi connectivity index (χ0) is 23.2. The van der Waals surface area contributed by atoms with Gasteiger partial charge in [-0.15, -0.1) is 0 Å². The third-order valence-electron chi connectivity index (χ3n) is 4.80. The Hall–Kier alpha value is -2.74. The van der Waals surface area contributed by atoms with E-state index in [0.29, 0.717) is 28.0 Å². The zero-order valence-corrected chi connectivity index (χ0v) is 20.5. The third-order valence-corrected chi connectivity index (χ3v) is 6.54. The lowest BCUT2D eigenvalue weighted by atomic mass is 10.1. The van der Waals surface area contributed by atoms with E-state index < -0.39 is 0 Å². The molecule has 0 atom stereocenters. The van der Waals surface area contributed by atoms with Crippen LogP contribution >= 0.6 is 39.3 Å². The van der Waals surface area contributed by atoms with Gasteiger partial charge in [0.1, 0.15) is 24.7 Å². The molecule has 1 heterocycles. The standard InChI is InChI=1S/C25H19BrClNO4S/c26-19-11-9-17(10-12-19)16-32-21-7-3-1-5-18(21)15-23-24(29)28(25(30)33-23)13-14-31-22-8-4-2-6-20(22)27/h1-12,15H,13-14,16H2/b23-15-. The van der Waals surface area contributed by atoms with Crippen molar-refractivity contribution in [3.63, 3.8) is 0 Å². The number of halogens is 2. The summed E-state index contributed by atoms with van der Waals surface area (Å²) in [4.78, 5) is 26.8. The van der Waals surface area contributed by atoms with E-state index >= 15 is 0 Å². The molecule has 1 aliphatic heterocycles. The Morgan fingerprint density at radius 2 is 1.61 bits per heavy atom. The monoisotopic (exact) mass is 543 g/mol. The van der Waals surface area contributed by atoms with Gasteiger partial charge in [0.25, 0.3) is 11.1 Å². The molecular formula is C25H19BrClNO4S. The fourth-order valence-corrected chi connectivity index (χ4v) is 4.43. The van der Waals surface area contributed by atoms with Crippen molar-refractivity contribution in [3.8, 4) is 11.5 Å². The molecule has 5 nitrogen and oxygen atoms in total. The number of thioether (sulfide) groups is 1. The van der Waals surface area contributed by atoms with Crippen LogP contribution < -0.4 is 9.47 Å². The van der Waals surface area contributed by atoms with E-state index in [4.69, 9.17) is 21.1 Å². The van der Waals surface area contributed by atoms with E-state index in [-0.39, 0.29) is 24.3 Å². The number of hydrogen-bond acceptors (Lipinski definition) is 5. The molecule has 1 aliphatic rings. The second-order valence-corrected chi connectivity index (χ2v) is 9.38. The van der Waals surface area contributed by atoms with E-state index in [1.165, 1.54) is 4.90 Å². The number of carbonyl (C=O) groups excluding carboxylic acids is 2. The number of para-hydroxylation sites is 2. The van der Waals surface area contributed by atoms with E-state index in [9.17, 15) is 9.59 Å². The van der Waals surface area contributed by atoms with Crippen molar-refractivity contribution < 1.29 is 19.1 Å². The lowest BCUT2D eigenvalue weighted by Gasteiger charge is -2.14. The molecule has 0 N–H and O–H groups in total. The Kier molecular flexibility index (Phi) is 7.75. The molecule has 33 heavy (non-hydrogen) atoms. The molecule has 2 amide bonds. The maximum Gasteiger partial charge on any atom is 0.293 e. The van der Waals surface area contributed by atoms with Crippen molar-refractivity contribution in [3.05, 3.63) is 98.3 Å². The molecule has 168 valence electrons. The first-order valence-electron chi connectivity index (χ1n) is 10.1. The van der Waals surface area contributed by atoms with Crippen LogP contribution in [0.1, 0.15) is 11.1 Å². The number of carbonyl (C=O) groups is 2. The molecule has 8 heteroatoms. The molecule has 1 fully saturated rings. The highest BCUT2D eigenvalue weighted by atomic mass is 79.9. The van der Waals surface area contributed by atoms with E-state index in [2.05, 4.69) is 15.9 Å². The van der Waals surface area contributed by atoms with E-state index in [1.807, 2.05) is 48.5 Å². The minimum atomic E-state index is -0.351. The van der Waals surface area contributed by atoms with Gasteiger partial charge in [0.15, 0.2) is 0 Å². The predicted molar refractivity (Wildman–Crippen MR) is 135 cm³/mol. The van der Waals surface area contributed by atoms with Crippen LogP contribution in [0.25, 0.3) is 6.08 Å². The van der Waals surface area contributed by atoms with Crippen LogP contribution in [0.3, 0.4) is 0 Å². The number of imide groups is 1. The largest absolute Gasteiger partial charge is 0.490 e. The number of hydrogen-bond donors (Lipinski definition) is 0. The maximum absolute atomic E-state index is 12.8. The Morgan fingerprint density at radius 3 is 2.36 bits per heavy atom. The van der Waals surface area contributed by atoms with Crippen LogP contribution in [-0.2, 0) is 11.4 Å². The molecule has 0 saturated carbocycles. The number of ether oxygens (including phenoxy) is 2. The number of nitrogens with zero attached hydrogens (tertiary/aromatic N) is 1. The second-order valence-electron chi connectivity index (χ2n) is 7.07. The smallest absolute Gasteiger partial charge is 0.293 e. The van der Waals surface area contributed by atoms with Crippen LogP contribution in [-0.4, -0.2) is 29.2 Å². The molecule has 0 radical (unpaired) electrons. The Morgan fingerprint density at radius 1 is 0.909 bits per heavy atom. The van der Waals surface area contributed by atoms with Gasteiger partial charge in [-0.2, -0.15) is 0 Å². The van der Waals surface area contributed by atoms with Crippen LogP contribution in [0.5, 0.6) is 11.5 Å². The minimum Gasteiger partial charge on any atom is -0.490 e. The lowest BCUT2D eigenvalue weighted by Crippen LogP contribution is -2.32. The average Bonchev–Trinajstić information content (AvgIpc) is 3.08. The molecule has 0 unspecified atom stereocenters. The topological polar surface area (TPSA) is 55.8 Å². The molecule has 1 saturated heterocycles. The minimum absolute atomic E-state index is 0.134. The highest BCUT2D eigenvalue weighted by Crippen LogP contribution is 2.34. The van der Waals surface area contributed by atoms with Crippen molar-refractivity contribution in [2.24, 2.45) is 0 Å². The van der Waals surface area contributed by atoms with Crippen molar-refractivity contribution >= 4 is 56.5 Å². The molecule has 4 rings (SSSR count). The van der Waals surface area contributed by atoms with E-state index in [0.717, 1.165) is 27.4 Å². The van der Waals surface area contributed by atoms with Gasteiger partial charge in [-0.25, -0.2) is 0 Å². The van der Waals surface area contributed by atoms with Gasteiger partial charge < -0.3 is 9.47 Å². The van der Waals surface area contributed by atoms with Gasteiger partial charge in [-0.05, 0) is 53.7 Å². The van der Waals surface area contributed by atoms with Crippen LogP contribution in [0.2, 0.25) is 5.02 Å². The summed E-state index contributed by atoms with van der Waals surface area (Å²) in [6.45, 7) is 0.676. The summed E-state index contributed by atoms with van der Waals surface area (Å²) in [7, 11) is 0. The molecule has 3 aromatic rings. The Bertz CT molecular complexity index is 1200. The van der Waals surface area contributed by atoms with Crippen molar-refractivity contribution in [2.75, 3.05) is 13.2 Å². The summed E-state index contributed by atoms with van der Waals surface area (Å²) >= 11 is 10.4. The van der Waals surface area contributed by atoms with Crippen molar-refractivity contribution in [1.29, 1.82) is 0 Å². The first-order valence-corrected chi connectivity index (χ1v) is 12.1. The van der Waals surface area contributed by atoms with Crippen LogP contribution in [0.4, 0.5) is 4.79 Å². The van der Waals surface area contributed by atoms with Crippen molar-refractivity contribution in [2.45, 2.75) is 6.61 Å². The SMILES string of the molecule is O=C1S/C(=C\c2ccccc2OCc2ccc(Br)cc2)C(=O)N1CCOc1ccccc1Cl. The number of rotatable bonds is 8. The summed E-state index contributed by atoms with van der Waals surface area (Å²) in [5, 5.41) is 0.147. The van der Waals surface area contributed by atoms with Crippen molar-refractivity contribution in [1.82, 2.24) is 4.90 Å². The average molecular weight is 545 g/mol. The van der Waals surface area contributed by atoms with Gasteiger partial charge in [0, 0.05) is 10.0 Å². The highest BCUT2D eigenvalue weighted by molar-refractivity contribution is 9.10. The highest BCUT2D eigenvalue weighted by Gasteiger charge is 2.35. The normalized spacial score (nSPS) is 14.7. The summed E-state index contributed by atoms with van der Waals surface area (Å²) in [5.41, 5.74) is 1.75. The van der Waals surface area contributed by atoms with Gasteiger partial charge in [0.05, 0.1) is 16.5 Å². The summed E-state index contributed by atoms with van der Waals surface area (Å²) in [6.07, 6.45) is 1.69. The zero-order valence-electron chi connectivity index (χ0n) is 17.4. The van der Waals surface area contributed by atoms with Crippen LogP contribution in [0, 0.1) is 0 Å². The maximum atomic E-state index is 12.8. The lowest BCUT2D eigenvalue weighted by molar-refractivity contribution is -0.123. The molecular weight excluding hydrogens is 526 g/mol. The predicted octanol–water partition coefficient (Wildman–Crippen LogP) is 6.80. The quantitative estimate of drug-likeness (QED) is 0.292. The Labute approximate surface area is 209 Å². The summed E-state index contributed by atoms with van der Waals surface area (Å²) < 4.78 is 12.6. The fraction of sp³-hybridized carbons (Fsp3) is 0.120. The first kappa shape index (κ1) is 23.4. The number of amides is 2. The first-order chi connectivity index (χ1) is 16.0. The summed E-state index contributed by atoms with van der Waals surface area (Å²) in [6, 6.07) is 22.3. The third kappa shape index (κ3) is 5.99. The van der Waals surface area contributed by atoms with Gasteiger partial charge in [-0.1, -0.05) is 70.0 Å².